The van der Waals surface area contributed by atoms with Crippen LogP contribution in [0.15, 0.2) is 53.1 Å². The number of rotatable bonds is 5. The van der Waals surface area contributed by atoms with Crippen molar-refractivity contribution >= 4 is 16.8 Å². The first-order chi connectivity index (χ1) is 11.5. The van der Waals surface area contributed by atoms with Crippen molar-refractivity contribution in [1.29, 1.82) is 0 Å². The van der Waals surface area contributed by atoms with Crippen molar-refractivity contribution in [2.24, 2.45) is 0 Å². The summed E-state index contributed by atoms with van der Waals surface area (Å²) in [6.45, 7) is 3.79. The third kappa shape index (κ3) is 3.63. The maximum absolute atomic E-state index is 12.4. The quantitative estimate of drug-likeness (QED) is 0.754. The first-order valence-corrected chi connectivity index (χ1v) is 7.92. The smallest absolute Gasteiger partial charge is 0.251 e. The van der Waals surface area contributed by atoms with Gasteiger partial charge in [0.15, 0.2) is 0 Å². The van der Waals surface area contributed by atoms with Crippen molar-refractivity contribution in [3.05, 3.63) is 65.7 Å². The third-order valence-electron chi connectivity index (χ3n) is 3.92. The summed E-state index contributed by atoms with van der Waals surface area (Å²) in [7, 11) is 0. The maximum Gasteiger partial charge on any atom is 0.251 e. The summed E-state index contributed by atoms with van der Waals surface area (Å²) >= 11 is 0. The molecule has 3 rings (SSSR count). The Bertz CT molecular complexity index is 843. The molecule has 0 radical (unpaired) electrons. The van der Waals surface area contributed by atoms with Gasteiger partial charge in [-0.1, -0.05) is 6.07 Å². The SMILES string of the molecule is Cc1ccc2cc(C(=O)N[C@@H](C)C[C@H](O)c3ccco3)ccc2n1. The molecule has 3 aromatic rings. The number of benzene rings is 1. The topological polar surface area (TPSA) is 75.4 Å². The van der Waals surface area contributed by atoms with Crippen LogP contribution in [0.2, 0.25) is 0 Å². The van der Waals surface area contributed by atoms with Crippen molar-refractivity contribution in [2.75, 3.05) is 0 Å². The second-order valence-corrected chi connectivity index (χ2v) is 6.00. The van der Waals surface area contributed by atoms with E-state index in [2.05, 4.69) is 10.3 Å². The van der Waals surface area contributed by atoms with Gasteiger partial charge < -0.3 is 14.8 Å². The Hall–Kier alpha value is -2.66. The van der Waals surface area contributed by atoms with E-state index in [9.17, 15) is 9.90 Å². The van der Waals surface area contributed by atoms with Gasteiger partial charge in [0.05, 0.1) is 11.8 Å². The molecule has 0 saturated heterocycles. The van der Waals surface area contributed by atoms with Gasteiger partial charge in [0, 0.05) is 29.1 Å². The maximum atomic E-state index is 12.4. The number of nitrogens with one attached hydrogen (secondary N) is 1. The molecule has 0 aliphatic rings. The van der Waals surface area contributed by atoms with Crippen molar-refractivity contribution in [3.63, 3.8) is 0 Å². The van der Waals surface area contributed by atoms with Crippen LogP contribution in [-0.2, 0) is 0 Å². The number of nitrogens with zero attached hydrogens (tertiary/aromatic N) is 1. The molecule has 0 spiro atoms. The van der Waals surface area contributed by atoms with Gasteiger partial charge in [-0.15, -0.1) is 0 Å². The molecule has 0 aliphatic heterocycles. The Balaban J connectivity index is 1.66. The Labute approximate surface area is 140 Å². The number of fused-ring (bicyclic) bond motifs is 1. The van der Waals surface area contributed by atoms with E-state index < -0.39 is 6.10 Å². The molecule has 5 nitrogen and oxygen atoms in total. The van der Waals surface area contributed by atoms with Gasteiger partial charge in [0.25, 0.3) is 5.91 Å². The van der Waals surface area contributed by atoms with Gasteiger partial charge in [-0.05, 0) is 50.2 Å². The number of hydrogen-bond donors (Lipinski definition) is 2. The fourth-order valence-corrected chi connectivity index (χ4v) is 2.67. The zero-order valence-electron chi connectivity index (χ0n) is 13.7. The third-order valence-corrected chi connectivity index (χ3v) is 3.92. The number of pyridine rings is 1. The summed E-state index contributed by atoms with van der Waals surface area (Å²) in [5.74, 6) is 0.333. The van der Waals surface area contributed by atoms with Gasteiger partial charge in [-0.3, -0.25) is 9.78 Å². The normalized spacial score (nSPS) is 13.6. The van der Waals surface area contributed by atoms with Crippen LogP contribution in [0.25, 0.3) is 10.9 Å². The number of aliphatic hydroxyl groups is 1. The second kappa shape index (κ2) is 6.84. The fraction of sp³-hybridized carbons (Fsp3) is 0.263. The monoisotopic (exact) mass is 324 g/mol. The van der Waals surface area contributed by atoms with E-state index in [0.29, 0.717) is 17.7 Å². The molecule has 24 heavy (non-hydrogen) atoms. The molecule has 2 atom stereocenters. The summed E-state index contributed by atoms with van der Waals surface area (Å²) in [4.78, 5) is 16.8. The van der Waals surface area contributed by atoms with Gasteiger partial charge in [0.2, 0.25) is 0 Å². The highest BCUT2D eigenvalue weighted by Gasteiger charge is 2.17. The lowest BCUT2D eigenvalue weighted by molar-refractivity contribution is 0.0903. The van der Waals surface area contributed by atoms with E-state index in [1.807, 2.05) is 38.1 Å². The minimum Gasteiger partial charge on any atom is -0.467 e. The van der Waals surface area contributed by atoms with Crippen LogP contribution in [0.3, 0.4) is 0 Å². The molecule has 124 valence electrons. The second-order valence-electron chi connectivity index (χ2n) is 6.00. The molecule has 2 aromatic heterocycles. The van der Waals surface area contributed by atoms with Crippen LogP contribution in [0.5, 0.6) is 0 Å². The number of carbonyl (C=O) groups excluding carboxylic acids is 1. The van der Waals surface area contributed by atoms with Crippen LogP contribution >= 0.6 is 0 Å². The molecule has 5 heteroatoms. The van der Waals surface area contributed by atoms with Crippen molar-refractivity contribution in [1.82, 2.24) is 10.3 Å². The van der Waals surface area contributed by atoms with Gasteiger partial charge in [-0.2, -0.15) is 0 Å². The van der Waals surface area contributed by atoms with E-state index in [4.69, 9.17) is 4.42 Å². The van der Waals surface area contributed by atoms with Crippen molar-refractivity contribution < 1.29 is 14.3 Å². The van der Waals surface area contributed by atoms with Crippen LogP contribution in [0.1, 0.15) is 41.3 Å². The highest BCUT2D eigenvalue weighted by molar-refractivity contribution is 5.98. The van der Waals surface area contributed by atoms with Crippen LogP contribution < -0.4 is 5.32 Å². The molecule has 0 fully saturated rings. The summed E-state index contributed by atoms with van der Waals surface area (Å²) < 4.78 is 5.17. The highest BCUT2D eigenvalue weighted by atomic mass is 16.4. The number of aryl methyl sites for hydroxylation is 1. The number of amides is 1. The van der Waals surface area contributed by atoms with Crippen molar-refractivity contribution in [3.8, 4) is 0 Å². The molecule has 2 N–H and O–H groups in total. The average molecular weight is 324 g/mol. The van der Waals surface area contributed by atoms with E-state index in [1.165, 1.54) is 6.26 Å². The minimum atomic E-state index is -0.737. The standard InChI is InChI=1S/C19H20N2O3/c1-12-5-6-14-11-15(7-8-16(14)20-12)19(23)21-13(2)10-17(22)18-4-3-9-24-18/h3-9,11,13,17,22H,10H2,1-2H3,(H,21,23)/t13-,17-/m0/s1. The molecule has 1 aromatic carbocycles. The van der Waals surface area contributed by atoms with E-state index in [0.717, 1.165) is 16.6 Å². The van der Waals surface area contributed by atoms with Crippen LogP contribution in [0, 0.1) is 6.92 Å². The molecular weight excluding hydrogens is 304 g/mol. The summed E-state index contributed by atoms with van der Waals surface area (Å²) in [6, 6.07) is 12.6. The predicted octanol–water partition coefficient (Wildman–Crippen LogP) is 3.38. The Morgan fingerprint density at radius 1 is 1.29 bits per heavy atom. The fourth-order valence-electron chi connectivity index (χ4n) is 2.67. The summed E-state index contributed by atoms with van der Waals surface area (Å²) in [5.41, 5.74) is 2.39. The van der Waals surface area contributed by atoms with Crippen LogP contribution in [-0.4, -0.2) is 22.0 Å². The first-order valence-electron chi connectivity index (χ1n) is 7.92. The van der Waals surface area contributed by atoms with Gasteiger partial charge in [-0.25, -0.2) is 0 Å². The lowest BCUT2D eigenvalue weighted by atomic mass is 10.1. The zero-order valence-corrected chi connectivity index (χ0v) is 13.7. The van der Waals surface area contributed by atoms with E-state index in [-0.39, 0.29) is 11.9 Å². The largest absolute Gasteiger partial charge is 0.467 e. The lowest BCUT2D eigenvalue weighted by Gasteiger charge is -2.17. The van der Waals surface area contributed by atoms with Gasteiger partial charge in [0.1, 0.15) is 11.9 Å². The summed E-state index contributed by atoms with van der Waals surface area (Å²) in [5, 5.41) is 13.9. The van der Waals surface area contributed by atoms with Gasteiger partial charge >= 0.3 is 0 Å². The molecule has 0 bridgehead atoms. The van der Waals surface area contributed by atoms with Crippen LogP contribution in [0.4, 0.5) is 0 Å². The molecule has 0 saturated carbocycles. The predicted molar refractivity (Wildman–Crippen MR) is 91.7 cm³/mol. The molecular formula is C19H20N2O3. The zero-order chi connectivity index (χ0) is 17.1. The Morgan fingerprint density at radius 2 is 2.12 bits per heavy atom. The number of aromatic nitrogens is 1. The molecule has 0 aliphatic carbocycles. The first kappa shape index (κ1) is 16.2. The number of carbonyl (C=O) groups is 1. The van der Waals surface area contributed by atoms with E-state index >= 15 is 0 Å². The number of hydrogen-bond acceptors (Lipinski definition) is 4. The molecule has 1 amide bonds. The lowest BCUT2D eigenvalue weighted by Crippen LogP contribution is -2.33. The van der Waals surface area contributed by atoms with Crippen molar-refractivity contribution in [2.45, 2.75) is 32.4 Å². The molecule has 0 unspecified atom stereocenters. The number of furan rings is 1. The molecule has 2 heterocycles. The Morgan fingerprint density at radius 3 is 2.88 bits per heavy atom. The Kier molecular flexibility index (Phi) is 4.62. The highest BCUT2D eigenvalue weighted by Crippen LogP contribution is 2.19. The average Bonchev–Trinajstić information content (AvgIpc) is 3.08. The summed E-state index contributed by atoms with van der Waals surface area (Å²) in [6.07, 6.45) is 1.17. The number of aliphatic hydroxyl groups excluding tert-OH is 1. The van der Waals surface area contributed by atoms with E-state index in [1.54, 1.807) is 18.2 Å². The minimum absolute atomic E-state index is 0.170.